The maximum absolute atomic E-state index is 12.7. The fraction of sp³-hybridized carbons (Fsp3) is 0.286. The summed E-state index contributed by atoms with van der Waals surface area (Å²) in [5, 5.41) is 10.3. The van der Waals surface area contributed by atoms with E-state index in [1.54, 1.807) is 12.1 Å². The minimum absolute atomic E-state index is 0.130. The molecule has 0 bridgehead atoms. The van der Waals surface area contributed by atoms with Crippen LogP contribution in [0.4, 0.5) is 5.69 Å². The molecule has 0 aliphatic carbocycles. The topological polar surface area (TPSA) is 108 Å². The molecule has 0 radical (unpaired) electrons. The number of halogens is 1. The maximum Gasteiger partial charge on any atom is 0.243 e. The van der Waals surface area contributed by atoms with Crippen molar-refractivity contribution in [2.45, 2.75) is 29.3 Å². The largest absolute Gasteiger partial charge is 0.325 e. The molecule has 1 saturated heterocycles. The number of hydrogen-bond donors (Lipinski definition) is 2. The zero-order valence-corrected chi connectivity index (χ0v) is 20.3. The quantitative estimate of drug-likeness (QED) is 0.440. The summed E-state index contributed by atoms with van der Waals surface area (Å²) in [5.41, 5.74) is 1.44. The first kappa shape index (κ1) is 23.0. The van der Waals surface area contributed by atoms with Crippen molar-refractivity contribution >= 4 is 49.3 Å². The van der Waals surface area contributed by atoms with Gasteiger partial charge in [0.05, 0.1) is 10.6 Å². The van der Waals surface area contributed by atoms with E-state index < -0.39 is 10.0 Å². The lowest BCUT2D eigenvalue weighted by Crippen LogP contribution is -2.35. The lowest BCUT2D eigenvalue weighted by molar-refractivity contribution is -0.113. The van der Waals surface area contributed by atoms with Gasteiger partial charge in [0.2, 0.25) is 21.1 Å². The highest BCUT2D eigenvalue weighted by Gasteiger charge is 2.25. The number of carbonyl (C=O) groups is 1. The number of sulfonamides is 1. The van der Waals surface area contributed by atoms with E-state index in [1.807, 2.05) is 24.3 Å². The van der Waals surface area contributed by atoms with E-state index >= 15 is 0 Å². The van der Waals surface area contributed by atoms with Gasteiger partial charge in [-0.2, -0.15) is 4.31 Å². The van der Waals surface area contributed by atoms with Crippen LogP contribution in [0.5, 0.6) is 0 Å². The Labute approximate surface area is 199 Å². The maximum atomic E-state index is 12.7. The molecule has 1 amide bonds. The van der Waals surface area contributed by atoms with Crippen LogP contribution in [0.15, 0.2) is 63.1 Å². The molecule has 3 aromatic rings. The third-order valence-corrected chi connectivity index (χ3v) is 8.29. The molecule has 2 heterocycles. The van der Waals surface area contributed by atoms with Crippen molar-refractivity contribution in [1.82, 2.24) is 19.5 Å². The van der Waals surface area contributed by atoms with Gasteiger partial charge in [-0.25, -0.2) is 13.4 Å². The van der Waals surface area contributed by atoms with Crippen molar-refractivity contribution in [2.24, 2.45) is 0 Å². The van der Waals surface area contributed by atoms with E-state index in [0.717, 1.165) is 29.3 Å². The van der Waals surface area contributed by atoms with Crippen LogP contribution in [0.2, 0.25) is 0 Å². The van der Waals surface area contributed by atoms with Gasteiger partial charge >= 0.3 is 0 Å². The molecule has 4 rings (SSSR count). The van der Waals surface area contributed by atoms with Gasteiger partial charge in [-0.05, 0) is 49.2 Å². The number of nitrogens with one attached hydrogen (secondary N) is 2. The third-order valence-electron chi connectivity index (χ3n) is 5.01. The summed E-state index contributed by atoms with van der Waals surface area (Å²) in [4.78, 5) is 16.9. The van der Waals surface area contributed by atoms with Crippen molar-refractivity contribution < 1.29 is 13.2 Å². The first-order valence-corrected chi connectivity index (χ1v) is 13.3. The van der Waals surface area contributed by atoms with Gasteiger partial charge in [-0.15, -0.1) is 5.10 Å². The molecule has 0 spiro atoms. The lowest BCUT2D eigenvalue weighted by Gasteiger charge is -2.25. The van der Waals surface area contributed by atoms with Gasteiger partial charge in [0.1, 0.15) is 0 Å². The van der Waals surface area contributed by atoms with Crippen molar-refractivity contribution in [3.63, 3.8) is 0 Å². The molecule has 1 aliphatic rings. The third kappa shape index (κ3) is 5.58. The molecule has 0 unspecified atom stereocenters. The van der Waals surface area contributed by atoms with E-state index in [9.17, 15) is 13.2 Å². The Bertz CT molecular complexity index is 1170. The predicted octanol–water partition coefficient (Wildman–Crippen LogP) is 4.14. The first-order valence-electron chi connectivity index (χ1n) is 10.1. The van der Waals surface area contributed by atoms with Gasteiger partial charge in [-0.1, -0.05) is 46.2 Å². The zero-order valence-electron chi connectivity index (χ0n) is 17.1. The minimum Gasteiger partial charge on any atom is -0.325 e. The summed E-state index contributed by atoms with van der Waals surface area (Å²) in [7, 11) is -3.48. The van der Waals surface area contributed by atoms with Crippen molar-refractivity contribution in [2.75, 3.05) is 24.2 Å². The Morgan fingerprint density at radius 3 is 2.44 bits per heavy atom. The molecule has 0 saturated carbocycles. The second-order valence-electron chi connectivity index (χ2n) is 7.30. The number of carbonyl (C=O) groups excluding carboxylic acids is 1. The minimum atomic E-state index is -3.48. The fourth-order valence-corrected chi connectivity index (χ4v) is 5.72. The average molecular weight is 536 g/mol. The number of hydrogen-bond acceptors (Lipinski definition) is 6. The van der Waals surface area contributed by atoms with Crippen LogP contribution in [0, 0.1) is 0 Å². The summed E-state index contributed by atoms with van der Waals surface area (Å²) in [5.74, 6) is 0.536. The summed E-state index contributed by atoms with van der Waals surface area (Å²) in [6.07, 6.45) is 2.84. The van der Waals surface area contributed by atoms with E-state index in [2.05, 4.69) is 36.4 Å². The Morgan fingerprint density at radius 2 is 1.75 bits per heavy atom. The SMILES string of the molecule is O=C(CSc1n[nH]c(-c2ccc(Br)cc2)n1)Nc1ccc(S(=O)(=O)N2CCCCC2)cc1. The highest BCUT2D eigenvalue weighted by molar-refractivity contribution is 9.10. The van der Waals surface area contributed by atoms with Gasteiger partial charge < -0.3 is 5.32 Å². The van der Waals surface area contributed by atoms with Crippen molar-refractivity contribution in [3.8, 4) is 11.4 Å². The number of anilines is 1. The molecule has 1 fully saturated rings. The summed E-state index contributed by atoms with van der Waals surface area (Å²) < 4.78 is 27.9. The summed E-state index contributed by atoms with van der Waals surface area (Å²) in [6, 6.07) is 14.0. The predicted molar refractivity (Wildman–Crippen MR) is 128 cm³/mol. The lowest BCUT2D eigenvalue weighted by atomic mass is 10.2. The number of thioether (sulfide) groups is 1. The molecule has 1 aliphatic heterocycles. The molecule has 2 N–H and O–H groups in total. The average Bonchev–Trinajstić information content (AvgIpc) is 3.28. The van der Waals surface area contributed by atoms with Crippen LogP contribution in [0.1, 0.15) is 19.3 Å². The van der Waals surface area contributed by atoms with Crippen LogP contribution in [0.25, 0.3) is 11.4 Å². The molecule has 168 valence electrons. The summed E-state index contributed by atoms with van der Waals surface area (Å²) in [6.45, 7) is 1.12. The highest BCUT2D eigenvalue weighted by Crippen LogP contribution is 2.23. The number of nitrogens with zero attached hydrogens (tertiary/aromatic N) is 3. The second kappa shape index (κ2) is 10.2. The highest BCUT2D eigenvalue weighted by atomic mass is 79.9. The van der Waals surface area contributed by atoms with Crippen LogP contribution in [-0.4, -0.2) is 52.7 Å². The molecule has 0 atom stereocenters. The summed E-state index contributed by atoms with van der Waals surface area (Å²) >= 11 is 4.61. The number of H-pyrrole nitrogens is 1. The molecular weight excluding hydrogens is 514 g/mol. The van der Waals surface area contributed by atoms with Gasteiger partial charge in [0.15, 0.2) is 5.82 Å². The van der Waals surface area contributed by atoms with Crippen LogP contribution in [0.3, 0.4) is 0 Å². The number of amides is 1. The molecule has 8 nitrogen and oxygen atoms in total. The van der Waals surface area contributed by atoms with E-state index in [1.165, 1.54) is 28.2 Å². The Morgan fingerprint density at radius 1 is 1.06 bits per heavy atom. The van der Waals surface area contributed by atoms with Gasteiger partial charge in [0.25, 0.3) is 0 Å². The Balaban J connectivity index is 1.31. The number of aromatic nitrogens is 3. The fourth-order valence-electron chi connectivity index (χ4n) is 3.34. The first-order chi connectivity index (χ1) is 15.4. The van der Waals surface area contributed by atoms with E-state index in [-0.39, 0.29) is 16.6 Å². The van der Waals surface area contributed by atoms with E-state index in [0.29, 0.717) is 29.8 Å². The standard InChI is InChI=1S/C21H22BrN5O3S2/c22-16-6-4-15(5-7-16)20-24-21(26-25-20)31-14-19(28)23-17-8-10-18(11-9-17)32(29,30)27-12-2-1-3-13-27/h4-11H,1-3,12-14H2,(H,23,28)(H,24,25,26). The number of rotatable bonds is 7. The number of piperidine rings is 1. The van der Waals surface area contributed by atoms with Crippen LogP contribution < -0.4 is 5.32 Å². The number of aromatic amines is 1. The van der Waals surface area contributed by atoms with Gasteiger partial charge in [-0.3, -0.25) is 9.89 Å². The molecule has 1 aromatic heterocycles. The van der Waals surface area contributed by atoms with Gasteiger partial charge in [0, 0.05) is 28.8 Å². The Kier molecular flexibility index (Phi) is 7.29. The van der Waals surface area contributed by atoms with Crippen molar-refractivity contribution in [1.29, 1.82) is 0 Å². The Hall–Kier alpha value is -2.21. The monoisotopic (exact) mass is 535 g/mol. The number of benzene rings is 2. The van der Waals surface area contributed by atoms with Crippen LogP contribution in [-0.2, 0) is 14.8 Å². The van der Waals surface area contributed by atoms with E-state index in [4.69, 9.17) is 0 Å². The second-order valence-corrected chi connectivity index (χ2v) is 11.1. The van der Waals surface area contributed by atoms with Crippen LogP contribution >= 0.6 is 27.7 Å². The molecule has 11 heteroatoms. The molecule has 32 heavy (non-hydrogen) atoms. The molecule has 2 aromatic carbocycles. The molecular formula is C21H22BrN5O3S2. The normalized spacial score (nSPS) is 14.9. The zero-order chi connectivity index (χ0) is 22.6. The smallest absolute Gasteiger partial charge is 0.243 e. The van der Waals surface area contributed by atoms with Crippen molar-refractivity contribution in [3.05, 3.63) is 53.0 Å².